The van der Waals surface area contributed by atoms with E-state index in [0.717, 1.165) is 103 Å². The summed E-state index contributed by atoms with van der Waals surface area (Å²) in [6.45, 7) is 9.54. The third kappa shape index (κ3) is 16.3. The lowest BCUT2D eigenvalue weighted by Gasteiger charge is -2.60. The zero-order chi connectivity index (χ0) is 95.9. The predicted octanol–water partition coefficient (Wildman–Crippen LogP) is 21.4. The third-order valence-electron chi connectivity index (χ3n) is 36.8. The number of carbonyl (C=O) groups is 8. The van der Waals surface area contributed by atoms with Gasteiger partial charge < -0.3 is 67.8 Å². The van der Waals surface area contributed by atoms with E-state index in [1.165, 1.54) is 52.0 Å². The van der Waals surface area contributed by atoms with Crippen molar-refractivity contribution in [3.63, 3.8) is 0 Å². The number of benzene rings is 8. The molecule has 16 saturated carbocycles. The Hall–Kier alpha value is -11.7. The van der Waals surface area contributed by atoms with Crippen LogP contribution in [0.4, 0.5) is 0 Å². The number of methoxy groups -OCH3 is 2. The van der Waals surface area contributed by atoms with Gasteiger partial charge in [0.05, 0.1) is 36.5 Å². The molecule has 0 amide bonds. The molecule has 4 N–H and O–H groups in total. The highest BCUT2D eigenvalue weighted by molar-refractivity contribution is 5.93. The molecule has 0 heterocycles. The van der Waals surface area contributed by atoms with E-state index in [4.69, 9.17) is 47.4 Å². The number of phenols is 4. The first kappa shape index (κ1) is 92.7. The number of esters is 8. The number of rotatable bonds is 26. The first-order valence-electron chi connectivity index (χ1n) is 51.0. The Kier molecular flexibility index (Phi) is 24.5. The smallest absolute Gasteiger partial charge is 0.344 e. The summed E-state index contributed by atoms with van der Waals surface area (Å²) in [7, 11) is 2.90. The fraction of sp³-hybridized carbons (Fsp3) is 0.517. The van der Waals surface area contributed by atoms with Gasteiger partial charge in [0, 0.05) is 69.2 Å². The lowest BCUT2D eigenvalue weighted by atomic mass is 9.49. The predicted molar refractivity (Wildman–Crippen MR) is 510 cm³/mol. The number of fused-ring (bicyclic) bond motifs is 8. The van der Waals surface area contributed by atoms with Crippen LogP contribution in [0.25, 0.3) is 0 Å². The average Bonchev–Trinajstić information content (AvgIpc) is 0.719. The second-order valence-electron chi connectivity index (χ2n) is 43.7. The maximum atomic E-state index is 14.5. The molecule has 4 unspecified atom stereocenters. The van der Waals surface area contributed by atoms with Gasteiger partial charge in [-0.2, -0.15) is 0 Å². The summed E-state index contributed by atoms with van der Waals surface area (Å²) in [5.41, 5.74) is 3.85. The van der Waals surface area contributed by atoms with Crippen LogP contribution >= 0.6 is 0 Å². The fourth-order valence-electron chi connectivity index (χ4n) is 31.4. The highest BCUT2D eigenvalue weighted by Crippen LogP contribution is 2.66. The van der Waals surface area contributed by atoms with Crippen LogP contribution in [-0.2, 0) is 57.1 Å². The molecule has 8 aromatic carbocycles. The molecule has 24 bridgehead atoms. The summed E-state index contributed by atoms with van der Waals surface area (Å²) in [5, 5.41) is 53.0. The number of hydrogen-bond donors (Lipinski definition) is 4. The topological polar surface area (TPSA) is 310 Å². The minimum absolute atomic E-state index is 0.0915. The molecule has 0 aromatic heterocycles. The molecule has 25 rings (SSSR count). The Morgan fingerprint density at radius 2 is 0.449 bits per heavy atom. The summed E-state index contributed by atoms with van der Waals surface area (Å²) >= 11 is 0. The molecule has 16 fully saturated rings. The van der Waals surface area contributed by atoms with Crippen molar-refractivity contribution >= 4 is 47.8 Å². The Bertz CT molecular complexity index is 5980. The van der Waals surface area contributed by atoms with Crippen molar-refractivity contribution < 1.29 is 106 Å². The molecule has 17 aliphatic carbocycles. The molecule has 138 heavy (non-hydrogen) atoms. The van der Waals surface area contributed by atoms with E-state index in [2.05, 4.69) is 27.7 Å². The molecule has 8 aromatic rings. The van der Waals surface area contributed by atoms with Gasteiger partial charge in [-0.1, -0.05) is 76.2 Å². The van der Waals surface area contributed by atoms with E-state index < -0.39 is 120 Å². The zero-order valence-electron chi connectivity index (χ0n) is 80.3. The van der Waals surface area contributed by atoms with Gasteiger partial charge in [-0.15, -0.1) is 0 Å². The SMILES string of the molecule is CCC1(OC(=O)COC(=O)c2ccc(C3c4cc(c(O)cc4C)C(c4ccc(C(=O)OCC(=O)OC5(CC)C6CC7CC(C6)CC5C7)cc4)c4cc(c(O)cc4OC)C(c4ccc(C(=O)OCC(=O)OC5(CC)C6CC7CC(C6)CC5C7)cc4)c4cc(c(O)cc4OC)C(c4ccc(C(=O)OCC(=O)OC5(CC)C6CC7CC(C6)CC5C7)cc4)c4cc3c(O)cc4C)cc2)C2CC3CC(C2)CC1C3. The van der Waals surface area contributed by atoms with Gasteiger partial charge >= 0.3 is 47.8 Å². The highest BCUT2D eigenvalue weighted by Gasteiger charge is 2.63. The van der Waals surface area contributed by atoms with Crippen LogP contribution in [0.15, 0.2) is 146 Å². The van der Waals surface area contributed by atoms with Crippen LogP contribution in [0.5, 0.6) is 34.5 Å². The fourth-order valence-corrected chi connectivity index (χ4v) is 31.4. The van der Waals surface area contributed by atoms with Crippen LogP contribution < -0.4 is 9.47 Å². The van der Waals surface area contributed by atoms with E-state index in [1.807, 2.05) is 26.0 Å². The van der Waals surface area contributed by atoms with Crippen LogP contribution in [0.1, 0.15) is 325 Å². The lowest BCUT2D eigenvalue weighted by Crippen LogP contribution is -2.59. The van der Waals surface area contributed by atoms with Gasteiger partial charge in [0.25, 0.3) is 0 Å². The van der Waals surface area contributed by atoms with Gasteiger partial charge in [0.2, 0.25) is 0 Å². The summed E-state index contributed by atoms with van der Waals surface area (Å²) in [6.07, 6.45) is 23.9. The summed E-state index contributed by atoms with van der Waals surface area (Å²) in [6, 6.07) is 40.0. The van der Waals surface area contributed by atoms with Crippen molar-refractivity contribution in [3.8, 4) is 34.5 Å². The second kappa shape index (κ2) is 36.5. The molecular formula is C116H128O22. The van der Waals surface area contributed by atoms with Gasteiger partial charge in [-0.25, -0.2) is 38.4 Å². The quantitative estimate of drug-likeness (QED) is 0.0289. The summed E-state index contributed by atoms with van der Waals surface area (Å²) < 4.78 is 62.1. The minimum Gasteiger partial charge on any atom is -0.508 e. The molecule has 22 nitrogen and oxygen atoms in total. The minimum atomic E-state index is -1.14. The third-order valence-corrected chi connectivity index (χ3v) is 36.8. The van der Waals surface area contributed by atoms with Gasteiger partial charge in [0.15, 0.2) is 26.4 Å². The number of aromatic hydroxyl groups is 4. The Balaban J connectivity index is 0.676. The zero-order valence-corrected chi connectivity index (χ0v) is 80.3. The Morgan fingerprint density at radius 3 is 0.645 bits per heavy atom. The number of carbonyl (C=O) groups excluding carboxylic acids is 8. The largest absolute Gasteiger partial charge is 0.508 e. The van der Waals surface area contributed by atoms with Crippen LogP contribution in [-0.4, -0.2) is 131 Å². The Labute approximate surface area is 806 Å². The number of hydrogen-bond acceptors (Lipinski definition) is 22. The molecule has 0 saturated heterocycles. The van der Waals surface area contributed by atoms with Crippen molar-refractivity contribution in [2.45, 2.75) is 242 Å². The molecular weight excluding hydrogens is 1750 g/mol. The first-order valence-corrected chi connectivity index (χ1v) is 51.0. The van der Waals surface area contributed by atoms with E-state index in [1.54, 1.807) is 121 Å². The summed E-state index contributed by atoms with van der Waals surface area (Å²) in [4.78, 5) is 114. The number of ether oxygens (including phenoxy) is 10. The normalized spacial score (nSPS) is 31.9. The van der Waals surface area contributed by atoms with E-state index in [9.17, 15) is 58.8 Å². The molecule has 0 radical (unpaired) electrons. The molecule has 0 spiro atoms. The van der Waals surface area contributed by atoms with Crippen molar-refractivity contribution in [2.24, 2.45) is 94.7 Å². The first-order chi connectivity index (χ1) is 66.6. The van der Waals surface area contributed by atoms with Gasteiger partial charge in [-0.3, -0.25) is 0 Å². The number of aryl methyl sites for hydroxylation is 2. The molecule has 4 atom stereocenters. The van der Waals surface area contributed by atoms with Crippen molar-refractivity contribution in [3.05, 3.63) is 246 Å². The molecule has 0 aliphatic heterocycles. The van der Waals surface area contributed by atoms with Crippen molar-refractivity contribution in [2.75, 3.05) is 40.6 Å². The maximum absolute atomic E-state index is 14.5. The number of phenolic OH excluding ortho intramolecular Hbond substituents is 4. The van der Waals surface area contributed by atoms with Crippen LogP contribution in [0, 0.1) is 109 Å². The van der Waals surface area contributed by atoms with E-state index in [0.29, 0.717) is 134 Å². The van der Waals surface area contributed by atoms with Gasteiger partial charge in [-0.05, 0) is 392 Å². The lowest BCUT2D eigenvalue weighted by molar-refractivity contribution is -0.213. The van der Waals surface area contributed by atoms with Crippen molar-refractivity contribution in [1.82, 2.24) is 0 Å². The van der Waals surface area contributed by atoms with E-state index >= 15 is 0 Å². The molecule has 22 heteroatoms. The Morgan fingerprint density at radius 1 is 0.261 bits per heavy atom. The maximum Gasteiger partial charge on any atom is 0.344 e. The second-order valence-corrected chi connectivity index (χ2v) is 43.7. The highest BCUT2D eigenvalue weighted by atomic mass is 16.6. The molecule has 724 valence electrons. The average molecular weight is 1870 g/mol. The molecule has 17 aliphatic rings. The monoisotopic (exact) mass is 1870 g/mol. The standard InChI is InChI=1S/C116H128O22/c1-9-113(79-35-63-31-64(37-79)38-80(113)36-63)135-101(121)57-131-109(125)75-21-13-71(14-22-75)105-88-52-90(96(118)30-62(88)6)107(73-17-25-77(26-18-73)111(127)133-59-103(123)137-115(11-3)83-43-67-33-68(45-83)46-84(115)44-67)94-54-92(98(120)56-100(94)130-8)108(74-19-27-78(28-20-74)112(128)134-60-104(124)138-116(12-4)85-47-69-34-70(49-85)50-86(116)48-69)93-53-91(97(119)55-99(93)129-7)106(87-51-89(105)95(117)29-61(87)5)72-15-23-76(24-16-72)110(126)132-58-102(122)136-114(10-2)81-39-65-32-66(41-81)42-82(114)40-65/h13-30,51-56,63-70,79-86,105-108,117-120H,9-12,31-50,57-60H2,1-8H3. The summed E-state index contributed by atoms with van der Waals surface area (Å²) in [5.74, 6) is -3.40. The van der Waals surface area contributed by atoms with Crippen LogP contribution in [0.2, 0.25) is 0 Å². The van der Waals surface area contributed by atoms with E-state index in [-0.39, 0.29) is 121 Å². The van der Waals surface area contributed by atoms with Crippen LogP contribution in [0.3, 0.4) is 0 Å². The van der Waals surface area contributed by atoms with Crippen molar-refractivity contribution in [1.29, 1.82) is 0 Å². The van der Waals surface area contributed by atoms with Gasteiger partial charge in [0.1, 0.15) is 56.9 Å².